The normalized spacial score (nSPS) is 13.8. The van der Waals surface area contributed by atoms with E-state index in [1.165, 1.54) is 17.6 Å². The molecule has 0 atom stereocenters. The van der Waals surface area contributed by atoms with Gasteiger partial charge in [-0.05, 0) is 43.7 Å². The Balaban J connectivity index is 1.34. The molecule has 2 aromatic heterocycles. The van der Waals surface area contributed by atoms with Crippen molar-refractivity contribution in [3.63, 3.8) is 0 Å². The largest absolute Gasteiger partial charge is 0.469 e. The average molecular weight is 441 g/mol. The minimum Gasteiger partial charge on any atom is -0.469 e. The molecule has 2 amide bonds. The average Bonchev–Trinajstić information content (AvgIpc) is 3.38. The van der Waals surface area contributed by atoms with Crippen LogP contribution < -0.4 is 15.5 Å². The van der Waals surface area contributed by atoms with E-state index in [9.17, 15) is 9.59 Å². The van der Waals surface area contributed by atoms with E-state index >= 15 is 0 Å². The molecule has 0 radical (unpaired) electrons. The molecular weight excluding hydrogens is 416 g/mol. The number of anilines is 3. The monoisotopic (exact) mass is 440 g/mol. The third kappa shape index (κ3) is 5.12. The maximum absolute atomic E-state index is 12.5. The zero-order chi connectivity index (χ0) is 21.8. The number of rotatable bonds is 6. The molecule has 162 valence electrons. The van der Waals surface area contributed by atoms with Gasteiger partial charge in [0.2, 0.25) is 5.91 Å². The van der Waals surface area contributed by atoms with Crippen molar-refractivity contribution in [2.24, 2.45) is 0 Å². The number of hydrogen-bond acceptors (Lipinski definition) is 7. The minimum absolute atomic E-state index is 0.127. The number of hydrogen-bond donors (Lipinski definition) is 2. The van der Waals surface area contributed by atoms with Crippen molar-refractivity contribution < 1.29 is 18.7 Å². The summed E-state index contributed by atoms with van der Waals surface area (Å²) in [5.41, 5.74) is 3.97. The van der Waals surface area contributed by atoms with Crippen molar-refractivity contribution in [3.8, 4) is 0 Å². The van der Waals surface area contributed by atoms with Gasteiger partial charge in [-0.2, -0.15) is 0 Å². The fraction of sp³-hybridized carbons (Fsp3) is 0.318. The first-order chi connectivity index (χ1) is 15.0. The summed E-state index contributed by atoms with van der Waals surface area (Å²) < 4.78 is 10.6. The Morgan fingerprint density at radius 1 is 1.16 bits per heavy atom. The molecule has 1 aliphatic rings. The predicted octanol–water partition coefficient (Wildman–Crippen LogP) is 3.62. The fourth-order valence-corrected chi connectivity index (χ4v) is 4.10. The van der Waals surface area contributed by atoms with Crippen molar-refractivity contribution >= 4 is 39.7 Å². The summed E-state index contributed by atoms with van der Waals surface area (Å²) in [5.74, 6) is 0.104. The molecule has 9 heteroatoms. The van der Waals surface area contributed by atoms with Crippen LogP contribution in [-0.4, -0.2) is 43.1 Å². The summed E-state index contributed by atoms with van der Waals surface area (Å²) in [6.45, 7) is 6.91. The van der Waals surface area contributed by atoms with Crippen LogP contribution in [0.4, 0.5) is 16.5 Å². The number of carbonyl (C=O) groups is 2. The first-order valence-electron chi connectivity index (χ1n) is 10.0. The summed E-state index contributed by atoms with van der Waals surface area (Å²) in [4.78, 5) is 31.4. The van der Waals surface area contributed by atoms with Gasteiger partial charge in [-0.25, -0.2) is 4.98 Å². The summed E-state index contributed by atoms with van der Waals surface area (Å²) in [5, 5.41) is 7.90. The number of thiazole rings is 1. The van der Waals surface area contributed by atoms with E-state index in [-0.39, 0.29) is 18.2 Å². The second kappa shape index (κ2) is 9.32. The highest BCUT2D eigenvalue weighted by atomic mass is 32.1. The van der Waals surface area contributed by atoms with Crippen LogP contribution in [0, 0.1) is 13.8 Å². The van der Waals surface area contributed by atoms with E-state index in [0.717, 1.165) is 43.2 Å². The number of nitrogens with one attached hydrogen (secondary N) is 2. The number of nitrogens with zero attached hydrogens (tertiary/aromatic N) is 2. The van der Waals surface area contributed by atoms with Gasteiger partial charge in [-0.1, -0.05) is 0 Å². The zero-order valence-corrected chi connectivity index (χ0v) is 18.3. The van der Waals surface area contributed by atoms with Crippen molar-refractivity contribution in [2.75, 3.05) is 41.8 Å². The molecule has 0 unspecified atom stereocenters. The number of carbonyl (C=O) groups excluding carboxylic acids is 2. The van der Waals surface area contributed by atoms with Gasteiger partial charge in [0.25, 0.3) is 5.91 Å². The summed E-state index contributed by atoms with van der Waals surface area (Å²) in [7, 11) is 0. The molecule has 1 saturated heterocycles. The summed E-state index contributed by atoms with van der Waals surface area (Å²) in [6, 6.07) is 7.63. The minimum atomic E-state index is -0.285. The van der Waals surface area contributed by atoms with Gasteiger partial charge in [0, 0.05) is 29.8 Å². The van der Waals surface area contributed by atoms with E-state index in [1.54, 1.807) is 18.4 Å². The second-order valence-corrected chi connectivity index (χ2v) is 8.17. The molecule has 1 aliphatic heterocycles. The third-order valence-electron chi connectivity index (χ3n) is 5.08. The number of furan rings is 1. The zero-order valence-electron chi connectivity index (χ0n) is 17.4. The van der Waals surface area contributed by atoms with Crippen LogP contribution in [0.2, 0.25) is 0 Å². The van der Waals surface area contributed by atoms with Gasteiger partial charge in [-0.3, -0.25) is 14.9 Å². The van der Waals surface area contributed by atoms with Crippen LogP contribution in [-0.2, 0) is 16.0 Å². The molecule has 8 nitrogen and oxygen atoms in total. The summed E-state index contributed by atoms with van der Waals surface area (Å²) in [6.07, 6.45) is 1.60. The van der Waals surface area contributed by atoms with Gasteiger partial charge in [0.15, 0.2) is 5.13 Å². The topological polar surface area (TPSA) is 96.7 Å². The fourth-order valence-electron chi connectivity index (χ4n) is 3.40. The maximum Gasteiger partial charge on any atom is 0.260 e. The van der Waals surface area contributed by atoms with Gasteiger partial charge in [0.1, 0.15) is 5.76 Å². The third-order valence-corrected chi connectivity index (χ3v) is 5.88. The highest BCUT2D eigenvalue weighted by Crippen LogP contribution is 2.24. The molecule has 0 spiro atoms. The number of ether oxygens (including phenoxy) is 1. The van der Waals surface area contributed by atoms with Gasteiger partial charge in [-0.15, -0.1) is 11.3 Å². The van der Waals surface area contributed by atoms with Crippen LogP contribution in [0.3, 0.4) is 0 Å². The number of morpholine rings is 1. The Morgan fingerprint density at radius 2 is 1.97 bits per heavy atom. The van der Waals surface area contributed by atoms with Crippen LogP contribution in [0.5, 0.6) is 0 Å². The number of benzene rings is 1. The predicted molar refractivity (Wildman–Crippen MR) is 120 cm³/mol. The van der Waals surface area contributed by atoms with Crippen LogP contribution in [0.15, 0.2) is 40.3 Å². The van der Waals surface area contributed by atoms with E-state index in [1.807, 2.05) is 19.1 Å². The molecule has 4 rings (SSSR count). The van der Waals surface area contributed by atoms with Crippen LogP contribution >= 0.6 is 11.3 Å². The smallest absolute Gasteiger partial charge is 0.260 e. The molecule has 31 heavy (non-hydrogen) atoms. The van der Waals surface area contributed by atoms with E-state index in [2.05, 4.69) is 26.6 Å². The maximum atomic E-state index is 12.5. The van der Waals surface area contributed by atoms with Crippen LogP contribution in [0.1, 0.15) is 27.4 Å². The van der Waals surface area contributed by atoms with Crippen molar-refractivity contribution in [2.45, 2.75) is 20.3 Å². The van der Waals surface area contributed by atoms with Gasteiger partial charge >= 0.3 is 0 Å². The van der Waals surface area contributed by atoms with Gasteiger partial charge in [0.05, 0.1) is 37.2 Å². The lowest BCUT2D eigenvalue weighted by Crippen LogP contribution is -2.36. The second-order valence-electron chi connectivity index (χ2n) is 7.31. The Hall–Kier alpha value is -3.17. The molecule has 1 aromatic carbocycles. The standard InChI is InChI=1S/C22H24N4O4S/c1-14-11-17(26-6-9-29-10-7-26)3-4-19(14)24-20(27)12-16-13-31-22(23-16)25-21(28)18-5-8-30-15(18)2/h3-5,8,11,13H,6-7,9-10,12H2,1-2H3,(H,24,27)(H,23,25,28). The molecule has 2 N–H and O–H groups in total. The molecule has 1 fully saturated rings. The first kappa shape index (κ1) is 21.1. The van der Waals surface area contributed by atoms with Crippen molar-refractivity contribution in [3.05, 3.63) is 58.5 Å². The highest BCUT2D eigenvalue weighted by Gasteiger charge is 2.16. The molecular formula is C22H24N4O4S. The quantitative estimate of drug-likeness (QED) is 0.608. The van der Waals surface area contributed by atoms with Crippen LogP contribution in [0.25, 0.3) is 0 Å². The lowest BCUT2D eigenvalue weighted by Gasteiger charge is -2.29. The van der Waals surface area contributed by atoms with E-state index in [4.69, 9.17) is 9.15 Å². The number of amides is 2. The highest BCUT2D eigenvalue weighted by molar-refractivity contribution is 7.14. The molecule has 0 saturated carbocycles. The first-order valence-corrected chi connectivity index (χ1v) is 10.9. The molecule has 3 aromatic rings. The van der Waals surface area contributed by atoms with Crippen molar-refractivity contribution in [1.82, 2.24) is 4.98 Å². The lowest BCUT2D eigenvalue weighted by molar-refractivity contribution is -0.115. The Morgan fingerprint density at radius 3 is 2.68 bits per heavy atom. The Kier molecular flexibility index (Phi) is 6.34. The molecule has 0 bridgehead atoms. The van der Waals surface area contributed by atoms with Gasteiger partial charge < -0.3 is 19.4 Å². The Labute approximate surface area is 184 Å². The number of aromatic nitrogens is 1. The number of aryl methyl sites for hydroxylation is 2. The van der Waals surface area contributed by atoms with E-state index in [0.29, 0.717) is 22.1 Å². The summed E-state index contributed by atoms with van der Waals surface area (Å²) >= 11 is 1.28. The lowest BCUT2D eigenvalue weighted by atomic mass is 10.1. The Bertz CT molecular complexity index is 1080. The van der Waals surface area contributed by atoms with E-state index < -0.39 is 0 Å². The molecule has 0 aliphatic carbocycles. The SMILES string of the molecule is Cc1cc(N2CCOCC2)ccc1NC(=O)Cc1csc(NC(=O)c2ccoc2C)n1. The van der Waals surface area contributed by atoms with Crippen molar-refractivity contribution in [1.29, 1.82) is 0 Å². The molecule has 3 heterocycles.